The minimum atomic E-state index is -0.192. The molecule has 4 heteroatoms. The Labute approximate surface area is 162 Å². The Balaban J connectivity index is 1.60. The largest absolute Gasteiger partial charge is 0.463 e. The van der Waals surface area contributed by atoms with Gasteiger partial charge >= 0.3 is 5.97 Å². The summed E-state index contributed by atoms with van der Waals surface area (Å²) in [5.41, 5.74) is -0.0888. The Hall–Kier alpha value is -1.19. The van der Waals surface area contributed by atoms with Crippen molar-refractivity contribution in [1.82, 2.24) is 0 Å². The molecule has 0 aliphatic heterocycles. The van der Waals surface area contributed by atoms with Gasteiger partial charge in [-0.15, -0.1) is 0 Å². The van der Waals surface area contributed by atoms with E-state index >= 15 is 0 Å². The van der Waals surface area contributed by atoms with Gasteiger partial charge in [0.15, 0.2) is 0 Å². The molecule has 0 spiro atoms. The molecular formula is C23H34O4. The van der Waals surface area contributed by atoms with E-state index in [2.05, 4.69) is 13.8 Å². The number of Topliss-reactive ketones (excluding diaryl/α,β-unsaturated/α-hetero) is 2. The van der Waals surface area contributed by atoms with Crippen molar-refractivity contribution in [2.75, 3.05) is 0 Å². The number of rotatable bonds is 2. The lowest BCUT2D eigenvalue weighted by Gasteiger charge is -2.59. The summed E-state index contributed by atoms with van der Waals surface area (Å²) in [6.07, 6.45) is 7.64. The Morgan fingerprint density at radius 3 is 2.41 bits per heavy atom. The lowest BCUT2D eigenvalue weighted by atomic mass is 9.44. The summed E-state index contributed by atoms with van der Waals surface area (Å²) in [5, 5.41) is 0. The zero-order chi connectivity index (χ0) is 19.6. The Morgan fingerprint density at radius 2 is 1.74 bits per heavy atom. The maximum Gasteiger partial charge on any atom is 0.302 e. The summed E-state index contributed by atoms with van der Waals surface area (Å²) in [4.78, 5) is 37.1. The Morgan fingerprint density at radius 1 is 1.00 bits per heavy atom. The zero-order valence-electron chi connectivity index (χ0n) is 17.3. The van der Waals surface area contributed by atoms with Crippen LogP contribution in [0.3, 0.4) is 0 Å². The third-order valence-electron chi connectivity index (χ3n) is 9.12. The van der Waals surface area contributed by atoms with E-state index in [1.807, 2.05) is 0 Å². The molecule has 0 aromatic heterocycles. The van der Waals surface area contributed by atoms with Crippen LogP contribution in [0.25, 0.3) is 0 Å². The third kappa shape index (κ3) is 2.81. The summed E-state index contributed by atoms with van der Waals surface area (Å²) < 4.78 is 5.51. The molecule has 27 heavy (non-hydrogen) atoms. The van der Waals surface area contributed by atoms with E-state index in [1.54, 1.807) is 6.92 Å². The van der Waals surface area contributed by atoms with Gasteiger partial charge < -0.3 is 4.74 Å². The van der Waals surface area contributed by atoms with Crippen LogP contribution >= 0.6 is 0 Å². The van der Waals surface area contributed by atoms with Gasteiger partial charge in [0.2, 0.25) is 0 Å². The summed E-state index contributed by atoms with van der Waals surface area (Å²) in [5.74, 6) is 2.11. The van der Waals surface area contributed by atoms with Crippen LogP contribution in [0.1, 0.15) is 79.1 Å². The molecule has 0 aromatic rings. The number of esters is 1. The van der Waals surface area contributed by atoms with Crippen LogP contribution in [0.15, 0.2) is 0 Å². The number of hydrogen-bond donors (Lipinski definition) is 0. The summed E-state index contributed by atoms with van der Waals surface area (Å²) in [6, 6.07) is 0. The maximum absolute atomic E-state index is 13.5. The third-order valence-corrected chi connectivity index (χ3v) is 9.12. The number of ether oxygens (including phenoxy) is 1. The number of ketones is 2. The smallest absolute Gasteiger partial charge is 0.302 e. The van der Waals surface area contributed by atoms with Crippen LogP contribution in [0.4, 0.5) is 0 Å². The van der Waals surface area contributed by atoms with Crippen LogP contribution in [0, 0.1) is 40.4 Å². The predicted molar refractivity (Wildman–Crippen MR) is 102 cm³/mol. The van der Waals surface area contributed by atoms with Crippen molar-refractivity contribution in [3.05, 3.63) is 0 Å². The molecule has 4 nitrogen and oxygen atoms in total. The van der Waals surface area contributed by atoms with E-state index in [0.717, 1.165) is 44.9 Å². The molecule has 8 atom stereocenters. The fraction of sp³-hybridized carbons (Fsp3) is 0.870. The first kappa shape index (κ1) is 19.1. The van der Waals surface area contributed by atoms with E-state index in [0.29, 0.717) is 30.0 Å². The van der Waals surface area contributed by atoms with E-state index in [4.69, 9.17) is 4.74 Å². The second-order valence-corrected chi connectivity index (χ2v) is 10.4. The highest BCUT2D eigenvalue weighted by Gasteiger charge is 2.63. The minimum absolute atomic E-state index is 0.0228. The summed E-state index contributed by atoms with van der Waals surface area (Å²) in [7, 11) is 0. The van der Waals surface area contributed by atoms with Gasteiger partial charge in [0, 0.05) is 25.2 Å². The molecule has 4 fully saturated rings. The zero-order valence-corrected chi connectivity index (χ0v) is 17.3. The number of hydrogen-bond acceptors (Lipinski definition) is 4. The quantitative estimate of drug-likeness (QED) is 0.675. The number of carbonyl (C=O) groups excluding carboxylic acids is 3. The highest BCUT2D eigenvalue weighted by atomic mass is 16.5. The first-order chi connectivity index (χ1) is 12.7. The number of fused-ring (bicyclic) bond motifs is 5. The van der Waals surface area contributed by atoms with Gasteiger partial charge in [0.1, 0.15) is 17.7 Å². The average molecular weight is 375 g/mol. The molecule has 4 aliphatic carbocycles. The van der Waals surface area contributed by atoms with Gasteiger partial charge in [-0.25, -0.2) is 0 Å². The van der Waals surface area contributed by atoms with Crippen molar-refractivity contribution < 1.29 is 19.1 Å². The standard InChI is InChI=1S/C23H34O4/c1-13(24)18-7-8-19-17-6-5-15-11-16(27-14(2)25)9-10-22(15,3)21(17)20(26)12-23(18,19)4/h15-19,21H,5-12H2,1-4H3/t15?,16-,17?,18-,19+,21?,22+,23-/m1/s1. The molecular weight excluding hydrogens is 340 g/mol. The monoisotopic (exact) mass is 374 g/mol. The van der Waals surface area contributed by atoms with Gasteiger partial charge in [-0.05, 0) is 80.5 Å². The molecule has 0 heterocycles. The lowest BCUT2D eigenvalue weighted by molar-refractivity contribution is -0.169. The first-order valence-corrected chi connectivity index (χ1v) is 10.9. The van der Waals surface area contributed by atoms with Crippen LogP contribution < -0.4 is 0 Å². The van der Waals surface area contributed by atoms with Gasteiger partial charge in [0.25, 0.3) is 0 Å². The van der Waals surface area contributed by atoms with Crippen molar-refractivity contribution in [2.24, 2.45) is 40.4 Å². The molecule has 0 saturated heterocycles. The fourth-order valence-electron chi connectivity index (χ4n) is 8.04. The molecule has 4 rings (SSSR count). The van der Waals surface area contributed by atoms with Gasteiger partial charge in [-0.1, -0.05) is 13.8 Å². The van der Waals surface area contributed by atoms with Gasteiger partial charge in [0.05, 0.1) is 0 Å². The molecule has 150 valence electrons. The highest BCUT2D eigenvalue weighted by Crippen LogP contribution is 2.66. The van der Waals surface area contributed by atoms with E-state index < -0.39 is 0 Å². The van der Waals surface area contributed by atoms with Crippen molar-refractivity contribution in [2.45, 2.75) is 85.2 Å². The normalized spacial score (nSPS) is 49.0. The summed E-state index contributed by atoms with van der Waals surface area (Å²) in [6.45, 7) is 7.75. The Bertz CT molecular complexity index is 669. The van der Waals surface area contributed by atoms with E-state index in [9.17, 15) is 14.4 Å². The van der Waals surface area contributed by atoms with Crippen LogP contribution in [0.2, 0.25) is 0 Å². The maximum atomic E-state index is 13.5. The van der Waals surface area contributed by atoms with Crippen molar-refractivity contribution in [3.8, 4) is 0 Å². The highest BCUT2D eigenvalue weighted by molar-refractivity contribution is 5.87. The molecule has 4 aliphatic rings. The lowest BCUT2D eigenvalue weighted by Crippen LogP contribution is -2.58. The van der Waals surface area contributed by atoms with E-state index in [1.165, 1.54) is 6.92 Å². The van der Waals surface area contributed by atoms with E-state index in [-0.39, 0.29) is 40.5 Å². The molecule has 0 N–H and O–H groups in total. The second kappa shape index (κ2) is 6.42. The topological polar surface area (TPSA) is 60.4 Å². The van der Waals surface area contributed by atoms with Crippen molar-refractivity contribution in [1.29, 1.82) is 0 Å². The number of carbonyl (C=O) groups is 3. The van der Waals surface area contributed by atoms with Crippen molar-refractivity contribution >= 4 is 17.5 Å². The Kier molecular flexibility index (Phi) is 4.55. The first-order valence-electron chi connectivity index (χ1n) is 10.9. The minimum Gasteiger partial charge on any atom is -0.463 e. The average Bonchev–Trinajstić information content (AvgIpc) is 2.91. The van der Waals surface area contributed by atoms with Crippen LogP contribution in [-0.4, -0.2) is 23.6 Å². The predicted octanol–water partition coefficient (Wildman–Crippen LogP) is 4.35. The van der Waals surface area contributed by atoms with Crippen LogP contribution in [-0.2, 0) is 19.1 Å². The van der Waals surface area contributed by atoms with Crippen LogP contribution in [0.5, 0.6) is 0 Å². The SMILES string of the molecule is CC(=O)O[C@@H]1CC[C@@]2(C)C(CCC3C2C(=O)C[C@]2(C)[C@@H](C(C)=O)CC[C@@H]32)C1. The van der Waals surface area contributed by atoms with Gasteiger partial charge in [-0.2, -0.15) is 0 Å². The molecule has 0 amide bonds. The summed E-state index contributed by atoms with van der Waals surface area (Å²) >= 11 is 0. The van der Waals surface area contributed by atoms with Crippen molar-refractivity contribution in [3.63, 3.8) is 0 Å². The molecule has 3 unspecified atom stereocenters. The molecule has 0 aromatic carbocycles. The van der Waals surface area contributed by atoms with Gasteiger partial charge in [-0.3, -0.25) is 14.4 Å². The molecule has 0 bridgehead atoms. The fourth-order valence-corrected chi connectivity index (χ4v) is 8.04. The molecule has 4 saturated carbocycles. The second-order valence-electron chi connectivity index (χ2n) is 10.4. The molecule has 0 radical (unpaired) electrons.